The first-order valence-corrected chi connectivity index (χ1v) is 10.7. The largest absolute Gasteiger partial charge is 0.299 e. The summed E-state index contributed by atoms with van der Waals surface area (Å²) in [5.74, 6) is 0.861. The van der Waals surface area contributed by atoms with Crippen LogP contribution in [0, 0.1) is 22.7 Å². The zero-order valence-electron chi connectivity index (χ0n) is 15.1. The monoisotopic (exact) mass is 341 g/mol. The molecule has 23 heavy (non-hydrogen) atoms. The number of nitrogens with zero attached hydrogens (tertiary/aromatic N) is 1. The maximum absolute atomic E-state index is 13.3. The third-order valence-electron chi connectivity index (χ3n) is 7.16. The molecule has 3 atom stereocenters. The van der Waals surface area contributed by atoms with E-state index in [1.54, 1.807) is 4.31 Å². The van der Waals surface area contributed by atoms with E-state index >= 15 is 0 Å². The van der Waals surface area contributed by atoms with Gasteiger partial charge >= 0.3 is 0 Å². The first-order chi connectivity index (χ1) is 10.5. The lowest BCUT2D eigenvalue weighted by Crippen LogP contribution is -2.50. The van der Waals surface area contributed by atoms with Gasteiger partial charge in [0.25, 0.3) is 0 Å². The summed E-state index contributed by atoms with van der Waals surface area (Å²) >= 11 is 0. The predicted octanol–water partition coefficient (Wildman–Crippen LogP) is 3.22. The number of hydrogen-bond acceptors (Lipinski definition) is 3. The molecule has 0 saturated heterocycles. The second-order valence-electron chi connectivity index (χ2n) is 8.97. The van der Waals surface area contributed by atoms with Crippen molar-refractivity contribution < 1.29 is 13.2 Å². The molecule has 0 heterocycles. The third-order valence-corrected chi connectivity index (χ3v) is 9.29. The van der Waals surface area contributed by atoms with E-state index in [1.165, 1.54) is 0 Å². The number of sulfonamides is 1. The number of rotatable bonds is 6. The predicted molar refractivity (Wildman–Crippen MR) is 91.5 cm³/mol. The average Bonchev–Trinajstić information content (AvgIpc) is 3.18. The summed E-state index contributed by atoms with van der Waals surface area (Å²) in [6.45, 7) is 10.4. The minimum absolute atomic E-state index is 0.000664. The van der Waals surface area contributed by atoms with Crippen LogP contribution in [0.1, 0.15) is 66.7 Å². The lowest BCUT2D eigenvalue weighted by atomic mass is 9.70. The SMILES string of the molecule is CC(C)[C@@H](C)N(C1CC1)S(=O)(=O)C[C@@]12CC[C@@H](CC1=O)C2(C)C. The van der Waals surface area contributed by atoms with Crippen molar-refractivity contribution in [2.75, 3.05) is 5.75 Å². The quantitative estimate of drug-likeness (QED) is 0.745. The third kappa shape index (κ3) is 2.50. The summed E-state index contributed by atoms with van der Waals surface area (Å²) in [4.78, 5) is 12.7. The van der Waals surface area contributed by atoms with Crippen molar-refractivity contribution >= 4 is 15.8 Å². The number of Topliss-reactive ketones (excluding diaryl/α,β-unsaturated/α-hetero) is 1. The summed E-state index contributed by atoms with van der Waals surface area (Å²) in [7, 11) is -3.42. The Labute approximate surface area is 141 Å². The van der Waals surface area contributed by atoms with E-state index in [4.69, 9.17) is 0 Å². The second kappa shape index (κ2) is 5.29. The van der Waals surface area contributed by atoms with E-state index in [9.17, 15) is 13.2 Å². The van der Waals surface area contributed by atoms with Crippen LogP contribution in [-0.4, -0.2) is 36.3 Å². The van der Waals surface area contributed by atoms with Gasteiger partial charge in [0.05, 0.1) is 5.75 Å². The highest BCUT2D eigenvalue weighted by atomic mass is 32.2. The number of hydrogen-bond donors (Lipinski definition) is 0. The number of fused-ring (bicyclic) bond motifs is 2. The van der Waals surface area contributed by atoms with Gasteiger partial charge in [-0.15, -0.1) is 0 Å². The van der Waals surface area contributed by atoms with E-state index in [0.717, 1.165) is 25.7 Å². The molecule has 0 spiro atoms. The highest BCUT2D eigenvalue weighted by molar-refractivity contribution is 7.89. The Morgan fingerprint density at radius 2 is 1.78 bits per heavy atom. The van der Waals surface area contributed by atoms with Crippen LogP contribution in [0.2, 0.25) is 0 Å². The standard InChI is InChI=1S/C18H31NO3S/c1-12(2)13(3)19(15-6-7-15)23(21,22)11-18-9-8-14(10-16(18)20)17(18,4)5/h12-15H,6-11H2,1-5H3/t13-,14+,18+/m1/s1. The lowest BCUT2D eigenvalue weighted by molar-refractivity contribution is -0.128. The Hall–Kier alpha value is -0.420. The molecule has 0 aliphatic heterocycles. The molecule has 0 aromatic rings. The maximum Gasteiger partial charge on any atom is 0.215 e. The van der Waals surface area contributed by atoms with Crippen molar-refractivity contribution in [3.8, 4) is 0 Å². The fourth-order valence-corrected chi connectivity index (χ4v) is 7.79. The molecule has 0 amide bonds. The zero-order valence-corrected chi connectivity index (χ0v) is 15.9. The number of carbonyl (C=O) groups is 1. The molecule has 3 aliphatic rings. The van der Waals surface area contributed by atoms with Gasteiger partial charge < -0.3 is 0 Å². The highest BCUT2D eigenvalue weighted by Gasteiger charge is 2.66. The van der Waals surface area contributed by atoms with Gasteiger partial charge in [-0.25, -0.2) is 8.42 Å². The summed E-state index contributed by atoms with van der Waals surface area (Å²) < 4.78 is 28.4. The first kappa shape index (κ1) is 17.4. The van der Waals surface area contributed by atoms with E-state index in [-0.39, 0.29) is 35.0 Å². The van der Waals surface area contributed by atoms with Crippen LogP contribution in [0.4, 0.5) is 0 Å². The first-order valence-electron chi connectivity index (χ1n) is 9.07. The van der Waals surface area contributed by atoms with E-state index in [0.29, 0.717) is 12.3 Å². The molecule has 3 aliphatic carbocycles. The van der Waals surface area contributed by atoms with Gasteiger partial charge in [-0.1, -0.05) is 27.7 Å². The van der Waals surface area contributed by atoms with Crippen molar-refractivity contribution in [3.63, 3.8) is 0 Å². The van der Waals surface area contributed by atoms with Gasteiger partial charge in [-0.3, -0.25) is 4.79 Å². The maximum atomic E-state index is 13.3. The van der Waals surface area contributed by atoms with Crippen molar-refractivity contribution in [1.29, 1.82) is 0 Å². The Morgan fingerprint density at radius 1 is 1.17 bits per heavy atom. The van der Waals surface area contributed by atoms with Crippen molar-refractivity contribution in [1.82, 2.24) is 4.31 Å². The van der Waals surface area contributed by atoms with Crippen LogP contribution in [0.15, 0.2) is 0 Å². The fourth-order valence-electron chi connectivity index (χ4n) is 4.93. The van der Waals surface area contributed by atoms with Crippen molar-refractivity contribution in [2.45, 2.75) is 78.8 Å². The molecule has 132 valence electrons. The Morgan fingerprint density at radius 3 is 2.17 bits per heavy atom. The topological polar surface area (TPSA) is 54.5 Å². The summed E-state index contributed by atoms with van der Waals surface area (Å²) in [6.07, 6.45) is 4.24. The number of carbonyl (C=O) groups excluding carboxylic acids is 1. The molecule has 2 bridgehead atoms. The summed E-state index contributed by atoms with van der Waals surface area (Å²) in [6, 6.07) is 0.159. The molecular formula is C18H31NO3S. The minimum Gasteiger partial charge on any atom is -0.299 e. The average molecular weight is 342 g/mol. The van der Waals surface area contributed by atoms with Gasteiger partial charge in [0.15, 0.2) is 0 Å². The van der Waals surface area contributed by atoms with Crippen LogP contribution in [0.25, 0.3) is 0 Å². The summed E-state index contributed by atoms with van der Waals surface area (Å²) in [5.41, 5.74) is -0.840. The highest BCUT2D eigenvalue weighted by Crippen LogP contribution is 2.64. The van der Waals surface area contributed by atoms with Crippen LogP contribution in [0.5, 0.6) is 0 Å². The zero-order chi connectivity index (χ0) is 17.2. The molecule has 3 rings (SSSR count). The fraction of sp³-hybridized carbons (Fsp3) is 0.944. The molecule has 0 radical (unpaired) electrons. The van der Waals surface area contributed by atoms with E-state index in [2.05, 4.69) is 27.7 Å². The molecule has 3 fully saturated rings. The van der Waals surface area contributed by atoms with Gasteiger partial charge in [0, 0.05) is 23.9 Å². The van der Waals surface area contributed by atoms with Gasteiger partial charge in [-0.2, -0.15) is 4.31 Å². The molecule has 0 N–H and O–H groups in total. The van der Waals surface area contributed by atoms with Gasteiger partial charge in [0.2, 0.25) is 10.0 Å². The molecular weight excluding hydrogens is 310 g/mol. The Kier molecular flexibility index (Phi) is 4.00. The molecule has 0 aromatic carbocycles. The van der Waals surface area contributed by atoms with Crippen LogP contribution >= 0.6 is 0 Å². The van der Waals surface area contributed by atoms with Crippen LogP contribution < -0.4 is 0 Å². The smallest absolute Gasteiger partial charge is 0.215 e. The lowest BCUT2D eigenvalue weighted by Gasteiger charge is -2.39. The minimum atomic E-state index is -3.42. The Bertz CT molecular complexity index is 606. The van der Waals surface area contributed by atoms with Crippen molar-refractivity contribution in [3.05, 3.63) is 0 Å². The molecule has 4 nitrogen and oxygen atoms in total. The van der Waals surface area contributed by atoms with E-state index < -0.39 is 15.4 Å². The van der Waals surface area contributed by atoms with Gasteiger partial charge in [0.1, 0.15) is 5.78 Å². The van der Waals surface area contributed by atoms with Crippen LogP contribution in [0.3, 0.4) is 0 Å². The molecule has 0 aromatic heterocycles. The van der Waals surface area contributed by atoms with Crippen LogP contribution in [-0.2, 0) is 14.8 Å². The molecule has 5 heteroatoms. The second-order valence-corrected chi connectivity index (χ2v) is 10.8. The van der Waals surface area contributed by atoms with Gasteiger partial charge in [-0.05, 0) is 49.9 Å². The number of ketones is 1. The summed E-state index contributed by atoms with van der Waals surface area (Å²) in [5, 5.41) is 0. The molecule has 0 unspecified atom stereocenters. The normalized spacial score (nSPS) is 34.6. The van der Waals surface area contributed by atoms with Crippen molar-refractivity contribution in [2.24, 2.45) is 22.7 Å². The van der Waals surface area contributed by atoms with E-state index in [1.807, 2.05) is 6.92 Å². The Balaban J connectivity index is 1.92. The molecule has 3 saturated carbocycles.